The molecule has 206 valence electrons. The molecule has 4 rings (SSSR count). The summed E-state index contributed by atoms with van der Waals surface area (Å²) in [5.41, 5.74) is 3.73. The molecule has 10 nitrogen and oxygen atoms in total. The predicted molar refractivity (Wildman–Crippen MR) is 154 cm³/mol. The SMILES string of the molecule is CN(C)C(=O)Cc1ccc(Cn2cnccc2=O)cc1.CNC(=O)/C=C/c1ccc(Cn2cnccc2=O)cc1. The predicted octanol–water partition coefficient (Wildman–Crippen LogP) is 1.97. The first-order valence-corrected chi connectivity index (χ1v) is 12.5. The van der Waals surface area contributed by atoms with Crippen molar-refractivity contribution in [2.75, 3.05) is 21.1 Å². The third-order valence-electron chi connectivity index (χ3n) is 5.82. The minimum absolute atomic E-state index is 0.0706. The highest BCUT2D eigenvalue weighted by molar-refractivity contribution is 5.91. The number of benzene rings is 2. The average molecular weight is 541 g/mol. The maximum absolute atomic E-state index is 11.6. The number of aromatic nitrogens is 4. The fraction of sp³-hybridized carbons (Fsp3) is 0.200. The van der Waals surface area contributed by atoms with Crippen molar-refractivity contribution in [2.24, 2.45) is 0 Å². The molecule has 1 N–H and O–H groups in total. The normalized spacial score (nSPS) is 10.5. The van der Waals surface area contributed by atoms with Crippen molar-refractivity contribution in [2.45, 2.75) is 19.5 Å². The van der Waals surface area contributed by atoms with Crippen LogP contribution in [0, 0.1) is 0 Å². The second-order valence-electron chi connectivity index (χ2n) is 9.06. The van der Waals surface area contributed by atoms with Gasteiger partial charge in [0.15, 0.2) is 0 Å². The second-order valence-corrected chi connectivity index (χ2v) is 9.06. The van der Waals surface area contributed by atoms with E-state index in [4.69, 9.17) is 0 Å². The Labute approximate surface area is 232 Å². The summed E-state index contributed by atoms with van der Waals surface area (Å²) in [4.78, 5) is 55.3. The van der Waals surface area contributed by atoms with Crippen LogP contribution in [0.15, 0.2) is 101 Å². The highest BCUT2D eigenvalue weighted by Gasteiger charge is 2.05. The molecule has 0 aliphatic rings. The molecule has 0 aliphatic carbocycles. The first kappa shape index (κ1) is 29.4. The van der Waals surface area contributed by atoms with Gasteiger partial charge in [0, 0.05) is 51.7 Å². The van der Waals surface area contributed by atoms with Gasteiger partial charge in [0.05, 0.1) is 32.2 Å². The van der Waals surface area contributed by atoms with E-state index in [9.17, 15) is 19.2 Å². The Morgan fingerprint density at radius 2 is 1.25 bits per heavy atom. The molecule has 0 saturated heterocycles. The largest absolute Gasteiger partial charge is 0.356 e. The molecule has 2 aromatic heterocycles. The maximum Gasteiger partial charge on any atom is 0.253 e. The highest BCUT2D eigenvalue weighted by atomic mass is 16.2. The third kappa shape index (κ3) is 9.32. The van der Waals surface area contributed by atoms with Crippen LogP contribution in [0.2, 0.25) is 0 Å². The monoisotopic (exact) mass is 540 g/mol. The first-order chi connectivity index (χ1) is 19.2. The van der Waals surface area contributed by atoms with Gasteiger partial charge in [0.25, 0.3) is 11.1 Å². The van der Waals surface area contributed by atoms with E-state index in [0.717, 1.165) is 22.3 Å². The molecular weight excluding hydrogens is 508 g/mol. The zero-order chi connectivity index (χ0) is 28.9. The minimum atomic E-state index is -0.143. The second kappa shape index (κ2) is 14.7. The molecule has 0 unspecified atom stereocenters. The van der Waals surface area contributed by atoms with Gasteiger partial charge in [-0.1, -0.05) is 48.5 Å². The Morgan fingerprint density at radius 1 is 0.775 bits per heavy atom. The van der Waals surface area contributed by atoms with Gasteiger partial charge in [-0.3, -0.25) is 28.3 Å². The Bertz CT molecular complexity index is 1550. The standard InChI is InChI=1S/C15H17N3O2.C15H15N3O2/c1-17(2)15(20)9-12-3-5-13(6-4-12)10-18-11-16-8-7-14(18)19;1-16-14(19)7-6-12-2-4-13(5-3-12)10-18-11-17-9-8-15(18)20/h3-8,11H,9-10H2,1-2H3;2-9,11H,10H2,1H3,(H,16,19)/b;7-6+. The van der Waals surface area contributed by atoms with Crippen molar-refractivity contribution < 1.29 is 9.59 Å². The zero-order valence-corrected chi connectivity index (χ0v) is 22.7. The number of rotatable bonds is 8. The molecular formula is C30H32N6O4. The lowest BCUT2D eigenvalue weighted by atomic mass is 10.1. The number of nitrogens with one attached hydrogen (secondary N) is 1. The van der Waals surface area contributed by atoms with Crippen LogP contribution in [0.5, 0.6) is 0 Å². The zero-order valence-electron chi connectivity index (χ0n) is 22.7. The molecule has 2 heterocycles. The molecule has 0 aliphatic heterocycles. The van der Waals surface area contributed by atoms with Gasteiger partial charge < -0.3 is 10.2 Å². The molecule has 0 saturated carbocycles. The van der Waals surface area contributed by atoms with Crippen LogP contribution in [0.4, 0.5) is 0 Å². The van der Waals surface area contributed by atoms with Crippen molar-refractivity contribution in [1.82, 2.24) is 29.3 Å². The summed E-state index contributed by atoms with van der Waals surface area (Å²) in [6.45, 7) is 0.959. The average Bonchev–Trinajstić information content (AvgIpc) is 2.96. The lowest BCUT2D eigenvalue weighted by molar-refractivity contribution is -0.128. The van der Waals surface area contributed by atoms with E-state index < -0.39 is 0 Å². The summed E-state index contributed by atoms with van der Waals surface area (Å²) in [7, 11) is 5.07. The smallest absolute Gasteiger partial charge is 0.253 e. The molecule has 0 radical (unpaired) electrons. The number of hydrogen-bond acceptors (Lipinski definition) is 6. The topological polar surface area (TPSA) is 119 Å². The highest BCUT2D eigenvalue weighted by Crippen LogP contribution is 2.08. The van der Waals surface area contributed by atoms with E-state index in [0.29, 0.717) is 19.5 Å². The number of nitrogens with zero attached hydrogens (tertiary/aromatic N) is 5. The van der Waals surface area contributed by atoms with Gasteiger partial charge in [-0.2, -0.15) is 0 Å². The van der Waals surface area contributed by atoms with Gasteiger partial charge in [-0.05, 0) is 28.3 Å². The Hall–Kier alpha value is -5.12. The minimum Gasteiger partial charge on any atom is -0.356 e. The number of carbonyl (C=O) groups excluding carboxylic acids is 2. The summed E-state index contributed by atoms with van der Waals surface area (Å²) in [6, 6.07) is 18.2. The van der Waals surface area contributed by atoms with Gasteiger partial charge in [-0.15, -0.1) is 0 Å². The van der Waals surface area contributed by atoms with Crippen LogP contribution in [-0.4, -0.2) is 57.0 Å². The number of likely N-dealkylation sites (N-methyl/N-ethyl adjacent to an activating group) is 2. The van der Waals surface area contributed by atoms with Gasteiger partial charge in [0.2, 0.25) is 11.8 Å². The molecule has 0 fully saturated rings. The van der Waals surface area contributed by atoms with Crippen molar-refractivity contribution in [3.8, 4) is 0 Å². The lowest BCUT2D eigenvalue weighted by Gasteiger charge is -2.10. The molecule has 10 heteroatoms. The van der Waals surface area contributed by atoms with Crippen molar-refractivity contribution >= 4 is 17.9 Å². The summed E-state index contributed by atoms with van der Waals surface area (Å²) < 4.78 is 3.08. The van der Waals surface area contributed by atoms with Gasteiger partial charge >= 0.3 is 0 Å². The molecule has 40 heavy (non-hydrogen) atoms. The molecule has 0 bridgehead atoms. The molecule has 2 aromatic carbocycles. The third-order valence-corrected chi connectivity index (χ3v) is 5.82. The van der Waals surface area contributed by atoms with Crippen LogP contribution in [0.25, 0.3) is 6.08 Å². The lowest BCUT2D eigenvalue weighted by Crippen LogP contribution is -2.23. The summed E-state index contributed by atoms with van der Waals surface area (Å²) >= 11 is 0. The first-order valence-electron chi connectivity index (χ1n) is 12.5. The van der Waals surface area contributed by atoms with E-state index in [1.165, 1.54) is 47.8 Å². The number of amides is 2. The molecule has 2 amide bonds. The van der Waals surface area contributed by atoms with E-state index in [2.05, 4.69) is 15.3 Å². The van der Waals surface area contributed by atoms with E-state index >= 15 is 0 Å². The van der Waals surface area contributed by atoms with E-state index in [1.54, 1.807) is 36.7 Å². The van der Waals surface area contributed by atoms with E-state index in [-0.39, 0.29) is 22.9 Å². The summed E-state index contributed by atoms with van der Waals surface area (Å²) in [5, 5.41) is 2.51. The summed E-state index contributed by atoms with van der Waals surface area (Å²) in [6.07, 6.45) is 9.59. The Morgan fingerprint density at radius 3 is 1.70 bits per heavy atom. The van der Waals surface area contributed by atoms with Crippen LogP contribution < -0.4 is 16.4 Å². The van der Waals surface area contributed by atoms with Crippen molar-refractivity contribution in [3.05, 3.63) is 135 Å². The van der Waals surface area contributed by atoms with Crippen LogP contribution >= 0.6 is 0 Å². The van der Waals surface area contributed by atoms with Gasteiger partial charge in [-0.25, -0.2) is 9.97 Å². The fourth-order valence-electron chi connectivity index (χ4n) is 3.47. The Balaban J connectivity index is 0.000000220. The van der Waals surface area contributed by atoms with Crippen molar-refractivity contribution in [3.63, 3.8) is 0 Å². The maximum atomic E-state index is 11.6. The van der Waals surface area contributed by atoms with Gasteiger partial charge in [0.1, 0.15) is 0 Å². The van der Waals surface area contributed by atoms with Crippen LogP contribution in [0.3, 0.4) is 0 Å². The Kier molecular flexibility index (Phi) is 10.8. The van der Waals surface area contributed by atoms with Crippen LogP contribution in [0.1, 0.15) is 22.3 Å². The molecule has 4 aromatic rings. The molecule has 0 spiro atoms. The van der Waals surface area contributed by atoms with E-state index in [1.807, 2.05) is 48.5 Å². The fourth-order valence-corrected chi connectivity index (χ4v) is 3.47. The summed E-state index contributed by atoms with van der Waals surface area (Å²) in [5.74, 6) is -0.0720. The van der Waals surface area contributed by atoms with Crippen LogP contribution in [-0.2, 0) is 29.1 Å². The number of carbonyl (C=O) groups is 2. The quantitative estimate of drug-likeness (QED) is 0.342. The number of hydrogen-bond donors (Lipinski definition) is 1. The molecule has 0 atom stereocenters. The van der Waals surface area contributed by atoms with Crippen molar-refractivity contribution in [1.29, 1.82) is 0 Å².